The molecule has 0 amide bonds. The molecular weight excluding hydrogens is 249 g/mol. The number of rotatable bonds is 5. The Hall–Kier alpha value is -1.06. The lowest BCUT2D eigenvalue weighted by Crippen LogP contribution is -1.92. The number of allylic oxidation sites excluding steroid dienone is 1. The van der Waals surface area contributed by atoms with Crippen LogP contribution < -0.4 is 0 Å². The van der Waals surface area contributed by atoms with Gasteiger partial charge in [-0.2, -0.15) is 0 Å². The number of aliphatic carboxylic acids is 1. The predicted octanol–water partition coefficient (Wildman–Crippen LogP) is 3.66. The number of pyridine rings is 1. The normalized spacial score (nSPS) is 10.9. The average Bonchev–Trinajstić information content (AvgIpc) is 2.21. The lowest BCUT2D eigenvalue weighted by atomic mass is 10.2. The van der Waals surface area contributed by atoms with E-state index in [4.69, 9.17) is 28.3 Å². The van der Waals surface area contributed by atoms with Crippen molar-refractivity contribution in [2.45, 2.75) is 19.3 Å². The van der Waals surface area contributed by atoms with Crippen molar-refractivity contribution in [1.29, 1.82) is 0 Å². The van der Waals surface area contributed by atoms with E-state index in [1.807, 2.05) is 6.08 Å². The first-order chi connectivity index (χ1) is 7.61. The first kappa shape index (κ1) is 13.0. The molecule has 5 heteroatoms. The zero-order chi connectivity index (χ0) is 12.0. The third-order valence-corrected chi connectivity index (χ3v) is 2.54. The molecule has 86 valence electrons. The summed E-state index contributed by atoms with van der Waals surface area (Å²) >= 11 is 11.8. The molecule has 0 unspecified atom stereocenters. The number of hydrogen-bond acceptors (Lipinski definition) is 2. The van der Waals surface area contributed by atoms with Gasteiger partial charge in [0, 0.05) is 24.4 Å². The van der Waals surface area contributed by atoms with Crippen molar-refractivity contribution in [3.05, 3.63) is 34.1 Å². The molecule has 0 aliphatic heterocycles. The highest BCUT2D eigenvalue weighted by Crippen LogP contribution is 2.24. The van der Waals surface area contributed by atoms with Crippen LogP contribution in [0, 0.1) is 0 Å². The molecular formula is C11H11Cl2NO2. The maximum absolute atomic E-state index is 10.3. The Morgan fingerprint density at radius 3 is 2.56 bits per heavy atom. The van der Waals surface area contributed by atoms with Crippen molar-refractivity contribution in [3.63, 3.8) is 0 Å². The lowest BCUT2D eigenvalue weighted by molar-refractivity contribution is -0.137. The van der Waals surface area contributed by atoms with Crippen molar-refractivity contribution in [1.82, 2.24) is 4.98 Å². The van der Waals surface area contributed by atoms with E-state index < -0.39 is 5.97 Å². The standard InChI is InChI=1S/C11H11Cl2NO2/c12-9-6-14-7-10(13)8(9)4-2-1-3-5-11(15)16/h2,4,6-7H,1,3,5H2,(H,15,16)/b4-2+. The smallest absolute Gasteiger partial charge is 0.303 e. The number of carboxylic acid groups (broad SMARTS) is 1. The number of carboxylic acids is 1. The van der Waals surface area contributed by atoms with Crippen LogP contribution in [0.3, 0.4) is 0 Å². The molecule has 0 atom stereocenters. The highest BCUT2D eigenvalue weighted by Gasteiger charge is 2.01. The first-order valence-electron chi connectivity index (χ1n) is 4.78. The van der Waals surface area contributed by atoms with Crippen LogP contribution in [0.25, 0.3) is 6.08 Å². The maximum Gasteiger partial charge on any atom is 0.303 e. The summed E-state index contributed by atoms with van der Waals surface area (Å²) in [5, 5.41) is 9.42. The van der Waals surface area contributed by atoms with Gasteiger partial charge in [0.25, 0.3) is 0 Å². The molecule has 0 saturated carbocycles. The van der Waals surface area contributed by atoms with Crippen molar-refractivity contribution in [2.24, 2.45) is 0 Å². The van der Waals surface area contributed by atoms with E-state index in [9.17, 15) is 4.79 Å². The van der Waals surface area contributed by atoms with Gasteiger partial charge in [-0.15, -0.1) is 0 Å². The van der Waals surface area contributed by atoms with Crippen molar-refractivity contribution < 1.29 is 9.90 Å². The number of halogens is 2. The molecule has 0 aliphatic carbocycles. The van der Waals surface area contributed by atoms with Gasteiger partial charge in [0.1, 0.15) is 0 Å². The third kappa shape index (κ3) is 4.21. The molecule has 1 rings (SSSR count). The molecule has 16 heavy (non-hydrogen) atoms. The second-order valence-corrected chi connectivity index (χ2v) is 4.02. The van der Waals surface area contributed by atoms with Crippen LogP contribution in [0.1, 0.15) is 24.8 Å². The SMILES string of the molecule is O=C(O)CCC/C=C/c1c(Cl)cncc1Cl. The highest BCUT2D eigenvalue weighted by atomic mass is 35.5. The summed E-state index contributed by atoms with van der Waals surface area (Å²) in [7, 11) is 0. The molecule has 1 aromatic heterocycles. The van der Waals surface area contributed by atoms with E-state index in [0.717, 1.165) is 0 Å². The summed E-state index contributed by atoms with van der Waals surface area (Å²) < 4.78 is 0. The van der Waals surface area contributed by atoms with E-state index in [1.165, 1.54) is 12.4 Å². The topological polar surface area (TPSA) is 50.2 Å². The van der Waals surface area contributed by atoms with Crippen molar-refractivity contribution in [3.8, 4) is 0 Å². The minimum Gasteiger partial charge on any atom is -0.481 e. The fourth-order valence-corrected chi connectivity index (χ4v) is 1.64. The summed E-state index contributed by atoms with van der Waals surface area (Å²) in [5.41, 5.74) is 0.716. The van der Waals surface area contributed by atoms with E-state index in [2.05, 4.69) is 4.98 Å². The molecule has 0 aromatic carbocycles. The minimum atomic E-state index is -0.784. The Bertz CT molecular complexity index is 385. The third-order valence-electron chi connectivity index (χ3n) is 1.94. The molecule has 0 fully saturated rings. The molecule has 0 spiro atoms. The average molecular weight is 260 g/mol. The molecule has 1 aromatic rings. The molecule has 1 N–H and O–H groups in total. The lowest BCUT2D eigenvalue weighted by Gasteiger charge is -1.99. The zero-order valence-electron chi connectivity index (χ0n) is 8.49. The molecule has 0 radical (unpaired) electrons. The Labute approximate surface area is 104 Å². The number of carbonyl (C=O) groups is 1. The number of hydrogen-bond donors (Lipinski definition) is 1. The van der Waals surface area contributed by atoms with E-state index >= 15 is 0 Å². The van der Waals surface area contributed by atoms with Crippen LogP contribution in [0.4, 0.5) is 0 Å². The summed E-state index contributed by atoms with van der Waals surface area (Å²) in [6.45, 7) is 0. The maximum atomic E-state index is 10.3. The fraction of sp³-hybridized carbons (Fsp3) is 0.273. The summed E-state index contributed by atoms with van der Waals surface area (Å²) in [6, 6.07) is 0. The summed E-state index contributed by atoms with van der Waals surface area (Å²) in [4.78, 5) is 14.1. The van der Waals surface area contributed by atoms with Gasteiger partial charge in [-0.05, 0) is 12.8 Å². The predicted molar refractivity (Wildman–Crippen MR) is 64.8 cm³/mol. The van der Waals surface area contributed by atoms with E-state index in [0.29, 0.717) is 28.5 Å². The molecule has 0 saturated heterocycles. The van der Waals surface area contributed by atoms with E-state index in [1.54, 1.807) is 6.08 Å². The van der Waals surface area contributed by atoms with Gasteiger partial charge in [-0.1, -0.05) is 35.4 Å². The zero-order valence-corrected chi connectivity index (χ0v) is 10.0. The second-order valence-electron chi connectivity index (χ2n) is 3.21. The van der Waals surface area contributed by atoms with Gasteiger partial charge < -0.3 is 5.11 Å². The Morgan fingerprint density at radius 2 is 2.00 bits per heavy atom. The minimum absolute atomic E-state index is 0.169. The van der Waals surface area contributed by atoms with E-state index in [-0.39, 0.29) is 6.42 Å². The number of nitrogens with zero attached hydrogens (tertiary/aromatic N) is 1. The molecule has 0 aliphatic rings. The Balaban J connectivity index is 2.53. The van der Waals surface area contributed by atoms with Gasteiger partial charge >= 0.3 is 5.97 Å². The van der Waals surface area contributed by atoms with Gasteiger partial charge in [0.05, 0.1) is 10.0 Å². The van der Waals surface area contributed by atoms with Crippen molar-refractivity contribution in [2.75, 3.05) is 0 Å². The number of aromatic nitrogens is 1. The monoisotopic (exact) mass is 259 g/mol. The number of unbranched alkanes of at least 4 members (excludes halogenated alkanes) is 1. The highest BCUT2D eigenvalue weighted by molar-refractivity contribution is 6.36. The van der Waals surface area contributed by atoms with Crippen LogP contribution in [0.15, 0.2) is 18.5 Å². The Morgan fingerprint density at radius 1 is 1.38 bits per heavy atom. The molecule has 0 bridgehead atoms. The summed E-state index contributed by atoms with van der Waals surface area (Å²) in [5.74, 6) is -0.784. The van der Waals surface area contributed by atoms with Crippen molar-refractivity contribution >= 4 is 35.2 Å². The van der Waals surface area contributed by atoms with Crippen LogP contribution in [-0.2, 0) is 4.79 Å². The second kappa shape index (κ2) is 6.51. The van der Waals surface area contributed by atoms with Crippen LogP contribution >= 0.6 is 23.2 Å². The van der Waals surface area contributed by atoms with Crippen LogP contribution in [-0.4, -0.2) is 16.1 Å². The molecule has 1 heterocycles. The Kier molecular flexibility index (Phi) is 5.29. The van der Waals surface area contributed by atoms with Gasteiger partial charge in [0.2, 0.25) is 0 Å². The summed E-state index contributed by atoms with van der Waals surface area (Å²) in [6.07, 6.45) is 8.13. The van der Waals surface area contributed by atoms with Gasteiger partial charge in [-0.25, -0.2) is 0 Å². The van der Waals surface area contributed by atoms with Crippen LogP contribution in [0.5, 0.6) is 0 Å². The van der Waals surface area contributed by atoms with Gasteiger partial charge in [0.15, 0.2) is 0 Å². The molecule has 3 nitrogen and oxygen atoms in total. The largest absolute Gasteiger partial charge is 0.481 e. The fourth-order valence-electron chi connectivity index (χ4n) is 1.15. The first-order valence-corrected chi connectivity index (χ1v) is 5.54. The quantitative estimate of drug-likeness (QED) is 0.822. The van der Waals surface area contributed by atoms with Gasteiger partial charge in [-0.3, -0.25) is 9.78 Å². The van der Waals surface area contributed by atoms with Crippen LogP contribution in [0.2, 0.25) is 10.0 Å².